The van der Waals surface area contributed by atoms with Gasteiger partial charge in [0.2, 0.25) is 5.91 Å². The van der Waals surface area contributed by atoms with Crippen molar-refractivity contribution in [1.82, 2.24) is 5.32 Å². The standard InChI is InChI=1S/C20H23ClN2O/c21-17-10-8-15(9-11-17)14-4-6-16(7-5-14)18-13-19(18)23-12-2-1-3-20(22)24/h4-11,18-19,23H,1-3,12-13H2,(H2,22,24)/t18-,19+/m0/s1. The van der Waals surface area contributed by atoms with Crippen molar-refractivity contribution in [3.63, 3.8) is 0 Å². The molecule has 1 saturated carbocycles. The minimum Gasteiger partial charge on any atom is -0.370 e. The highest BCUT2D eigenvalue weighted by molar-refractivity contribution is 6.30. The van der Waals surface area contributed by atoms with E-state index in [4.69, 9.17) is 17.3 Å². The summed E-state index contributed by atoms with van der Waals surface area (Å²) in [7, 11) is 0. The lowest BCUT2D eigenvalue weighted by Crippen LogP contribution is -2.19. The van der Waals surface area contributed by atoms with E-state index in [9.17, 15) is 4.79 Å². The van der Waals surface area contributed by atoms with Crippen LogP contribution >= 0.6 is 11.6 Å². The van der Waals surface area contributed by atoms with Crippen LogP contribution in [0, 0.1) is 0 Å². The first-order valence-corrected chi connectivity index (χ1v) is 8.89. The Kier molecular flexibility index (Phi) is 5.54. The van der Waals surface area contributed by atoms with Gasteiger partial charge < -0.3 is 11.1 Å². The third kappa shape index (κ3) is 4.59. The van der Waals surface area contributed by atoms with Crippen molar-refractivity contribution >= 4 is 17.5 Å². The second-order valence-electron chi connectivity index (χ2n) is 6.46. The molecular weight excluding hydrogens is 320 g/mol. The first kappa shape index (κ1) is 17.0. The molecule has 2 atom stereocenters. The third-order valence-corrected chi connectivity index (χ3v) is 4.82. The number of rotatable bonds is 8. The summed E-state index contributed by atoms with van der Waals surface area (Å²) in [4.78, 5) is 10.7. The van der Waals surface area contributed by atoms with Crippen molar-refractivity contribution < 1.29 is 4.79 Å². The Morgan fingerprint density at radius 2 is 1.67 bits per heavy atom. The molecule has 2 aromatic rings. The second-order valence-corrected chi connectivity index (χ2v) is 6.89. The number of primary amides is 1. The van der Waals surface area contributed by atoms with Crippen molar-refractivity contribution in [1.29, 1.82) is 0 Å². The number of hydrogen-bond donors (Lipinski definition) is 2. The van der Waals surface area contributed by atoms with Gasteiger partial charge >= 0.3 is 0 Å². The predicted molar refractivity (Wildman–Crippen MR) is 99.1 cm³/mol. The van der Waals surface area contributed by atoms with Gasteiger partial charge in [-0.15, -0.1) is 0 Å². The van der Waals surface area contributed by atoms with Crippen molar-refractivity contribution in [2.75, 3.05) is 6.54 Å². The summed E-state index contributed by atoms with van der Waals surface area (Å²) in [5, 5.41) is 4.33. The number of carbonyl (C=O) groups excluding carboxylic acids is 1. The van der Waals surface area contributed by atoms with Crippen LogP contribution in [0.3, 0.4) is 0 Å². The average molecular weight is 343 g/mol. The molecule has 0 saturated heterocycles. The van der Waals surface area contributed by atoms with E-state index in [-0.39, 0.29) is 5.91 Å². The summed E-state index contributed by atoms with van der Waals surface area (Å²) >= 11 is 5.94. The Hall–Kier alpha value is -1.84. The lowest BCUT2D eigenvalue weighted by atomic mass is 10.0. The zero-order valence-corrected chi connectivity index (χ0v) is 14.4. The molecule has 1 amide bonds. The predicted octanol–water partition coefficient (Wildman–Crippen LogP) is 4.11. The fraction of sp³-hybridized carbons (Fsp3) is 0.350. The Balaban J connectivity index is 1.47. The van der Waals surface area contributed by atoms with E-state index in [0.29, 0.717) is 18.4 Å². The molecule has 0 heterocycles. The molecule has 126 valence electrons. The molecule has 0 radical (unpaired) electrons. The fourth-order valence-electron chi connectivity index (χ4n) is 3.07. The maximum absolute atomic E-state index is 10.7. The Labute approximate surface area is 148 Å². The minimum absolute atomic E-state index is 0.208. The number of unbranched alkanes of at least 4 members (excludes halogenated alkanes) is 1. The number of halogens is 1. The topological polar surface area (TPSA) is 55.1 Å². The molecule has 0 spiro atoms. The van der Waals surface area contributed by atoms with E-state index < -0.39 is 0 Å². The molecule has 1 aliphatic carbocycles. The molecule has 4 heteroatoms. The monoisotopic (exact) mass is 342 g/mol. The zero-order valence-electron chi connectivity index (χ0n) is 13.7. The third-order valence-electron chi connectivity index (χ3n) is 4.56. The molecule has 0 unspecified atom stereocenters. The van der Waals surface area contributed by atoms with E-state index in [0.717, 1.165) is 24.4 Å². The molecule has 24 heavy (non-hydrogen) atoms. The average Bonchev–Trinajstić information content (AvgIpc) is 3.35. The summed E-state index contributed by atoms with van der Waals surface area (Å²) in [6.07, 6.45) is 3.55. The number of hydrogen-bond acceptors (Lipinski definition) is 2. The van der Waals surface area contributed by atoms with Gasteiger partial charge in [-0.25, -0.2) is 0 Å². The van der Waals surface area contributed by atoms with Crippen LogP contribution in [0.25, 0.3) is 11.1 Å². The van der Waals surface area contributed by atoms with Gasteiger partial charge in [-0.2, -0.15) is 0 Å². The zero-order chi connectivity index (χ0) is 16.9. The highest BCUT2D eigenvalue weighted by atomic mass is 35.5. The maximum atomic E-state index is 10.7. The van der Waals surface area contributed by atoms with Crippen molar-refractivity contribution in [2.45, 2.75) is 37.6 Å². The van der Waals surface area contributed by atoms with Gasteiger partial charge in [0, 0.05) is 23.4 Å². The van der Waals surface area contributed by atoms with Crippen molar-refractivity contribution in [3.05, 3.63) is 59.1 Å². The highest BCUT2D eigenvalue weighted by Gasteiger charge is 2.37. The molecule has 3 nitrogen and oxygen atoms in total. The van der Waals surface area contributed by atoms with E-state index in [1.807, 2.05) is 24.3 Å². The lowest BCUT2D eigenvalue weighted by Gasteiger charge is -2.06. The van der Waals surface area contributed by atoms with Gasteiger partial charge in [-0.3, -0.25) is 4.79 Å². The van der Waals surface area contributed by atoms with Crippen LogP contribution in [0.15, 0.2) is 48.5 Å². The maximum Gasteiger partial charge on any atom is 0.217 e. The van der Waals surface area contributed by atoms with Gasteiger partial charge in [-0.1, -0.05) is 48.0 Å². The molecule has 3 N–H and O–H groups in total. The Bertz CT molecular complexity index is 682. The Morgan fingerprint density at radius 1 is 1.04 bits per heavy atom. The van der Waals surface area contributed by atoms with Crippen molar-refractivity contribution in [2.24, 2.45) is 5.73 Å². The molecule has 1 fully saturated rings. The minimum atomic E-state index is -0.208. The van der Waals surface area contributed by atoms with E-state index in [1.165, 1.54) is 23.1 Å². The first-order valence-electron chi connectivity index (χ1n) is 8.51. The molecule has 0 bridgehead atoms. The second kappa shape index (κ2) is 7.82. The number of nitrogens with one attached hydrogen (secondary N) is 1. The highest BCUT2D eigenvalue weighted by Crippen LogP contribution is 2.41. The fourth-order valence-corrected chi connectivity index (χ4v) is 3.19. The molecular formula is C20H23ClN2O. The van der Waals surface area contributed by atoms with Gasteiger partial charge in [0.05, 0.1) is 0 Å². The Morgan fingerprint density at radius 3 is 2.29 bits per heavy atom. The summed E-state index contributed by atoms with van der Waals surface area (Å²) in [5.74, 6) is 0.403. The van der Waals surface area contributed by atoms with Crippen LogP contribution in [0.2, 0.25) is 5.02 Å². The normalized spacial score (nSPS) is 19.2. The van der Waals surface area contributed by atoms with Gasteiger partial charge in [0.25, 0.3) is 0 Å². The molecule has 0 aliphatic heterocycles. The summed E-state index contributed by atoms with van der Waals surface area (Å²) in [5.41, 5.74) is 8.93. The number of amides is 1. The molecule has 3 rings (SSSR count). The quantitative estimate of drug-likeness (QED) is 0.709. The van der Waals surface area contributed by atoms with Gasteiger partial charge in [-0.05, 0) is 54.6 Å². The summed E-state index contributed by atoms with van der Waals surface area (Å²) in [6.45, 7) is 0.956. The molecule has 1 aliphatic rings. The number of benzene rings is 2. The molecule has 2 aromatic carbocycles. The summed E-state index contributed by atoms with van der Waals surface area (Å²) in [6, 6.07) is 17.3. The van der Waals surface area contributed by atoms with Gasteiger partial charge in [0.1, 0.15) is 0 Å². The van der Waals surface area contributed by atoms with Crippen LogP contribution < -0.4 is 11.1 Å². The van der Waals surface area contributed by atoms with Crippen LogP contribution in [-0.2, 0) is 4.79 Å². The van der Waals surface area contributed by atoms with Crippen LogP contribution in [0.4, 0.5) is 0 Å². The smallest absolute Gasteiger partial charge is 0.217 e. The largest absolute Gasteiger partial charge is 0.370 e. The number of nitrogens with two attached hydrogens (primary N) is 1. The van der Waals surface area contributed by atoms with Crippen LogP contribution in [0.1, 0.15) is 37.2 Å². The van der Waals surface area contributed by atoms with Crippen molar-refractivity contribution in [3.8, 4) is 11.1 Å². The molecule has 0 aromatic heterocycles. The van der Waals surface area contributed by atoms with Crippen LogP contribution in [0.5, 0.6) is 0 Å². The number of carbonyl (C=O) groups is 1. The first-order chi connectivity index (χ1) is 11.6. The van der Waals surface area contributed by atoms with E-state index in [1.54, 1.807) is 0 Å². The summed E-state index contributed by atoms with van der Waals surface area (Å²) < 4.78 is 0. The van der Waals surface area contributed by atoms with Gasteiger partial charge in [0.15, 0.2) is 0 Å². The van der Waals surface area contributed by atoms with E-state index in [2.05, 4.69) is 29.6 Å². The van der Waals surface area contributed by atoms with Crippen LogP contribution in [-0.4, -0.2) is 18.5 Å². The SMILES string of the molecule is NC(=O)CCCCN[C@@H]1C[C@H]1c1ccc(-c2ccc(Cl)cc2)cc1. The lowest BCUT2D eigenvalue weighted by molar-refractivity contribution is -0.118. The van der Waals surface area contributed by atoms with E-state index >= 15 is 0 Å².